The minimum atomic E-state index is 0.535. The number of ether oxygens (including phenoxy) is 1. The molecule has 1 unspecified atom stereocenters. The number of rotatable bonds is 5. The van der Waals surface area contributed by atoms with Crippen molar-refractivity contribution in [3.05, 3.63) is 23.8 Å². The number of nitrogens with two attached hydrogens (primary N) is 1. The third-order valence-corrected chi connectivity index (χ3v) is 3.96. The SMILES string of the molecule is Cc1ccc(N)c(OCC(C)CN2CCCCCC2)c1. The summed E-state index contributed by atoms with van der Waals surface area (Å²) >= 11 is 0. The summed E-state index contributed by atoms with van der Waals surface area (Å²) in [4.78, 5) is 2.58. The second-order valence-corrected chi connectivity index (χ2v) is 6.17. The molecular formula is C17H28N2O. The maximum absolute atomic E-state index is 5.95. The number of nitrogens with zero attached hydrogens (tertiary/aromatic N) is 1. The molecule has 0 amide bonds. The van der Waals surface area contributed by atoms with E-state index in [1.54, 1.807) is 0 Å². The summed E-state index contributed by atoms with van der Waals surface area (Å²) in [6, 6.07) is 5.96. The van der Waals surface area contributed by atoms with Crippen LogP contribution in [0.4, 0.5) is 5.69 Å². The Hall–Kier alpha value is -1.22. The Morgan fingerprint density at radius 1 is 1.20 bits per heavy atom. The minimum absolute atomic E-state index is 0.535. The van der Waals surface area contributed by atoms with E-state index in [1.807, 2.05) is 18.2 Å². The highest BCUT2D eigenvalue weighted by molar-refractivity contribution is 5.53. The lowest BCUT2D eigenvalue weighted by atomic mass is 10.1. The second kappa shape index (κ2) is 7.53. The summed E-state index contributed by atoms with van der Waals surface area (Å²) in [5.74, 6) is 1.36. The summed E-state index contributed by atoms with van der Waals surface area (Å²) in [5.41, 5.74) is 7.87. The summed E-state index contributed by atoms with van der Waals surface area (Å²) in [7, 11) is 0. The van der Waals surface area contributed by atoms with Gasteiger partial charge < -0.3 is 15.4 Å². The van der Waals surface area contributed by atoms with Crippen LogP contribution in [0, 0.1) is 12.8 Å². The molecule has 0 aromatic heterocycles. The highest BCUT2D eigenvalue weighted by Crippen LogP contribution is 2.23. The van der Waals surface area contributed by atoms with E-state index < -0.39 is 0 Å². The molecule has 3 nitrogen and oxygen atoms in total. The molecule has 20 heavy (non-hydrogen) atoms. The van der Waals surface area contributed by atoms with Crippen LogP contribution in [-0.4, -0.2) is 31.1 Å². The summed E-state index contributed by atoms with van der Waals surface area (Å²) in [5, 5.41) is 0. The fourth-order valence-electron chi connectivity index (χ4n) is 2.81. The topological polar surface area (TPSA) is 38.5 Å². The molecule has 1 atom stereocenters. The van der Waals surface area contributed by atoms with Crippen molar-refractivity contribution >= 4 is 5.69 Å². The van der Waals surface area contributed by atoms with E-state index >= 15 is 0 Å². The highest BCUT2D eigenvalue weighted by atomic mass is 16.5. The first-order valence-electron chi connectivity index (χ1n) is 7.86. The first-order chi connectivity index (χ1) is 9.65. The average Bonchev–Trinajstić information content (AvgIpc) is 2.68. The van der Waals surface area contributed by atoms with Crippen molar-refractivity contribution in [3.8, 4) is 5.75 Å². The Balaban J connectivity index is 1.79. The van der Waals surface area contributed by atoms with Gasteiger partial charge in [0, 0.05) is 12.5 Å². The number of hydrogen-bond donors (Lipinski definition) is 1. The number of aryl methyl sites for hydroxylation is 1. The van der Waals surface area contributed by atoms with Crippen LogP contribution in [-0.2, 0) is 0 Å². The van der Waals surface area contributed by atoms with Crippen LogP contribution in [0.5, 0.6) is 5.75 Å². The normalized spacial score (nSPS) is 18.5. The molecule has 0 saturated carbocycles. The number of hydrogen-bond acceptors (Lipinski definition) is 3. The number of likely N-dealkylation sites (tertiary alicyclic amines) is 1. The van der Waals surface area contributed by atoms with Gasteiger partial charge in [-0.1, -0.05) is 25.8 Å². The molecule has 0 aliphatic carbocycles. The lowest BCUT2D eigenvalue weighted by molar-refractivity contribution is 0.189. The van der Waals surface area contributed by atoms with Crippen molar-refractivity contribution < 1.29 is 4.74 Å². The third kappa shape index (κ3) is 4.71. The average molecular weight is 276 g/mol. The Morgan fingerprint density at radius 3 is 2.60 bits per heavy atom. The predicted octanol–water partition coefficient (Wildman–Crippen LogP) is 3.47. The van der Waals surface area contributed by atoms with Gasteiger partial charge in [0.15, 0.2) is 0 Å². The fraction of sp³-hybridized carbons (Fsp3) is 0.647. The number of anilines is 1. The Bertz CT molecular complexity index is 411. The molecule has 1 fully saturated rings. The molecule has 1 aliphatic heterocycles. The smallest absolute Gasteiger partial charge is 0.142 e. The van der Waals surface area contributed by atoms with Crippen molar-refractivity contribution in [2.24, 2.45) is 5.92 Å². The molecule has 112 valence electrons. The standard InChI is InChI=1S/C17H28N2O/c1-14-7-8-16(18)17(11-14)20-13-15(2)12-19-9-5-3-4-6-10-19/h7-8,11,15H,3-6,9-10,12-13,18H2,1-2H3. The maximum atomic E-state index is 5.95. The second-order valence-electron chi connectivity index (χ2n) is 6.17. The largest absolute Gasteiger partial charge is 0.491 e. The zero-order valence-corrected chi connectivity index (χ0v) is 12.9. The third-order valence-electron chi connectivity index (χ3n) is 3.96. The van der Waals surface area contributed by atoms with Crippen molar-refractivity contribution in [2.75, 3.05) is 32.0 Å². The summed E-state index contributed by atoms with van der Waals surface area (Å²) in [6.07, 6.45) is 5.47. The predicted molar refractivity (Wildman–Crippen MR) is 85.2 cm³/mol. The lowest BCUT2D eigenvalue weighted by Gasteiger charge is -2.24. The summed E-state index contributed by atoms with van der Waals surface area (Å²) in [6.45, 7) is 8.69. The zero-order chi connectivity index (χ0) is 14.4. The van der Waals surface area contributed by atoms with Gasteiger partial charge in [-0.15, -0.1) is 0 Å². The van der Waals surface area contributed by atoms with E-state index in [0.717, 1.165) is 24.6 Å². The van der Waals surface area contributed by atoms with Gasteiger partial charge in [0.1, 0.15) is 5.75 Å². The Morgan fingerprint density at radius 2 is 1.90 bits per heavy atom. The molecule has 2 rings (SSSR count). The zero-order valence-electron chi connectivity index (χ0n) is 12.9. The van der Waals surface area contributed by atoms with E-state index in [4.69, 9.17) is 10.5 Å². The minimum Gasteiger partial charge on any atom is -0.491 e. The van der Waals surface area contributed by atoms with Crippen LogP contribution in [0.25, 0.3) is 0 Å². The monoisotopic (exact) mass is 276 g/mol. The number of benzene rings is 1. The number of nitrogen functional groups attached to an aromatic ring is 1. The molecule has 2 N–H and O–H groups in total. The van der Waals surface area contributed by atoms with E-state index in [2.05, 4.69) is 18.7 Å². The van der Waals surface area contributed by atoms with Crippen LogP contribution in [0.1, 0.15) is 38.2 Å². The lowest BCUT2D eigenvalue weighted by Crippen LogP contribution is -2.31. The molecule has 0 radical (unpaired) electrons. The highest BCUT2D eigenvalue weighted by Gasteiger charge is 2.13. The fourth-order valence-corrected chi connectivity index (χ4v) is 2.81. The van der Waals surface area contributed by atoms with Crippen LogP contribution in [0.15, 0.2) is 18.2 Å². The van der Waals surface area contributed by atoms with Gasteiger partial charge in [-0.25, -0.2) is 0 Å². The Labute approximate surface area is 123 Å². The van der Waals surface area contributed by atoms with Crippen molar-refractivity contribution in [1.82, 2.24) is 4.90 Å². The molecule has 3 heteroatoms. The van der Waals surface area contributed by atoms with Gasteiger partial charge in [0.05, 0.1) is 12.3 Å². The summed E-state index contributed by atoms with van der Waals surface area (Å²) < 4.78 is 5.90. The van der Waals surface area contributed by atoms with E-state index in [-0.39, 0.29) is 0 Å². The van der Waals surface area contributed by atoms with E-state index in [1.165, 1.54) is 44.3 Å². The van der Waals surface area contributed by atoms with Crippen LogP contribution in [0.3, 0.4) is 0 Å². The molecule has 1 saturated heterocycles. The van der Waals surface area contributed by atoms with Gasteiger partial charge in [0.2, 0.25) is 0 Å². The molecule has 0 bridgehead atoms. The molecule has 1 aliphatic rings. The van der Waals surface area contributed by atoms with Crippen LogP contribution >= 0.6 is 0 Å². The van der Waals surface area contributed by atoms with Gasteiger partial charge in [-0.2, -0.15) is 0 Å². The molecular weight excluding hydrogens is 248 g/mol. The van der Waals surface area contributed by atoms with E-state index in [9.17, 15) is 0 Å². The van der Waals surface area contributed by atoms with Crippen molar-refractivity contribution in [1.29, 1.82) is 0 Å². The molecule has 1 aromatic carbocycles. The maximum Gasteiger partial charge on any atom is 0.142 e. The first kappa shape index (κ1) is 15.2. The van der Waals surface area contributed by atoms with Crippen LogP contribution < -0.4 is 10.5 Å². The quantitative estimate of drug-likeness (QED) is 0.837. The van der Waals surface area contributed by atoms with Gasteiger partial charge in [0.25, 0.3) is 0 Å². The van der Waals surface area contributed by atoms with Crippen molar-refractivity contribution in [2.45, 2.75) is 39.5 Å². The van der Waals surface area contributed by atoms with Crippen molar-refractivity contribution in [3.63, 3.8) is 0 Å². The van der Waals surface area contributed by atoms with Gasteiger partial charge in [-0.05, 0) is 50.6 Å². The van der Waals surface area contributed by atoms with Gasteiger partial charge in [-0.3, -0.25) is 0 Å². The molecule has 0 spiro atoms. The molecule has 1 aromatic rings. The first-order valence-corrected chi connectivity index (χ1v) is 7.86. The van der Waals surface area contributed by atoms with E-state index in [0.29, 0.717) is 5.92 Å². The molecule has 1 heterocycles. The van der Waals surface area contributed by atoms with Gasteiger partial charge >= 0.3 is 0 Å². The van der Waals surface area contributed by atoms with Crippen LogP contribution in [0.2, 0.25) is 0 Å². The Kier molecular flexibility index (Phi) is 5.72.